The van der Waals surface area contributed by atoms with Crippen LogP contribution in [-0.4, -0.2) is 49.3 Å². The Morgan fingerprint density at radius 2 is 2.24 bits per heavy atom. The van der Waals surface area contributed by atoms with Crippen molar-refractivity contribution in [1.29, 1.82) is 0 Å². The first-order valence-electron chi connectivity index (χ1n) is 9.12. The van der Waals surface area contributed by atoms with Crippen LogP contribution in [0, 0.1) is 0 Å². The second kappa shape index (κ2) is 7.11. The van der Waals surface area contributed by atoms with Crippen LogP contribution in [0.1, 0.15) is 44.5 Å². The maximum absolute atomic E-state index is 14.0. The zero-order valence-corrected chi connectivity index (χ0v) is 12.3. The fourth-order valence-corrected chi connectivity index (χ4v) is 2.07. The third-order valence-electron chi connectivity index (χ3n) is 3.14. The van der Waals surface area contributed by atoms with Gasteiger partial charge in [0.2, 0.25) is 5.90 Å². The normalized spacial score (nSPS) is 27.7. The molecule has 0 amide bonds. The second-order valence-electron chi connectivity index (χ2n) is 4.96. The van der Waals surface area contributed by atoms with E-state index >= 15 is 0 Å². The summed E-state index contributed by atoms with van der Waals surface area (Å²) in [6.07, 6.45) is -0.792. The summed E-state index contributed by atoms with van der Waals surface area (Å²) in [7, 11) is 1.31. The van der Waals surface area contributed by atoms with Crippen molar-refractivity contribution >= 4 is 11.6 Å². The number of likely N-dealkylation sites (N-methyl/N-ethyl adjacent to an activating group) is 1. The molecule has 0 unspecified atom stereocenters. The highest BCUT2D eigenvalue weighted by Gasteiger charge is 2.35. The summed E-state index contributed by atoms with van der Waals surface area (Å²) in [6, 6.07) is 0. The molecule has 2 rings (SSSR count). The predicted molar refractivity (Wildman–Crippen MR) is 80.1 cm³/mol. The molecule has 0 atom stereocenters. The van der Waals surface area contributed by atoms with Gasteiger partial charge in [0.05, 0.1) is 6.42 Å². The number of hydrogen-bond donors (Lipinski definition) is 0. The van der Waals surface area contributed by atoms with Crippen LogP contribution >= 0.6 is 0 Å². The minimum absolute atomic E-state index is 0.00531. The third kappa shape index (κ3) is 4.59. The van der Waals surface area contributed by atoms with Crippen molar-refractivity contribution in [2.24, 2.45) is 9.98 Å². The summed E-state index contributed by atoms with van der Waals surface area (Å²) in [5.41, 5.74) is -0.0618. The highest BCUT2D eigenvalue weighted by Crippen LogP contribution is 2.26. The van der Waals surface area contributed by atoms with Crippen molar-refractivity contribution in [3.05, 3.63) is 11.6 Å². The Labute approximate surface area is 130 Å². The first-order valence-corrected chi connectivity index (χ1v) is 7.12. The van der Waals surface area contributed by atoms with Crippen molar-refractivity contribution in [3.63, 3.8) is 0 Å². The molecule has 0 radical (unpaired) electrons. The third-order valence-corrected chi connectivity index (χ3v) is 3.14. The number of rotatable bonds is 6. The highest BCUT2D eigenvalue weighted by molar-refractivity contribution is 6.46. The van der Waals surface area contributed by atoms with Gasteiger partial charge in [-0.25, -0.2) is 4.99 Å². The van der Waals surface area contributed by atoms with Crippen molar-refractivity contribution < 1.29 is 19.0 Å². The molecule has 6 heteroatoms. The Bertz CT molecular complexity index is 606. The lowest BCUT2D eigenvalue weighted by molar-refractivity contribution is -0.189. The minimum atomic E-state index is -3.40. The van der Waals surface area contributed by atoms with Gasteiger partial charge in [-0.3, -0.25) is 4.99 Å². The Balaban J connectivity index is 2.17. The van der Waals surface area contributed by atoms with E-state index in [1.54, 1.807) is 0 Å². The van der Waals surface area contributed by atoms with Crippen molar-refractivity contribution in [1.82, 2.24) is 4.90 Å². The first-order chi connectivity index (χ1) is 11.5. The van der Waals surface area contributed by atoms with E-state index in [4.69, 9.17) is 10.2 Å². The van der Waals surface area contributed by atoms with Gasteiger partial charge in [0.1, 0.15) is 12.4 Å². The topological polar surface area (TPSA) is 37.2 Å². The maximum atomic E-state index is 14.0. The van der Waals surface area contributed by atoms with Crippen molar-refractivity contribution in [2.75, 3.05) is 26.7 Å². The molecule has 0 spiro atoms. The lowest BCUT2D eigenvalue weighted by Gasteiger charge is -2.24. The van der Waals surface area contributed by atoms with Crippen LogP contribution in [0.3, 0.4) is 0 Å². The van der Waals surface area contributed by atoms with Gasteiger partial charge in [0, 0.05) is 18.5 Å². The molecule has 0 N–H and O–H groups in total. The number of hydrogen-bond acceptors (Lipinski definition) is 4. The van der Waals surface area contributed by atoms with Gasteiger partial charge in [-0.2, -0.15) is 8.78 Å². The molecule has 0 fully saturated rings. The zero-order chi connectivity index (χ0) is 18.9. The van der Waals surface area contributed by atoms with Crippen molar-refractivity contribution in [2.45, 2.75) is 45.1 Å². The number of halogens is 2. The monoisotopic (exact) mass is 303 g/mol. The number of nitrogens with zero attached hydrogens (tertiary/aromatic N) is 3. The van der Waals surface area contributed by atoms with Crippen LogP contribution in [0.4, 0.5) is 8.78 Å². The van der Waals surface area contributed by atoms with Gasteiger partial charge in [0.15, 0.2) is 0 Å². The summed E-state index contributed by atoms with van der Waals surface area (Å²) >= 11 is 0. The molecule has 0 aromatic carbocycles. The van der Waals surface area contributed by atoms with Gasteiger partial charge < -0.3 is 9.64 Å². The van der Waals surface area contributed by atoms with E-state index in [1.807, 2.05) is 6.92 Å². The van der Waals surface area contributed by atoms with Crippen LogP contribution in [0.5, 0.6) is 0 Å². The van der Waals surface area contributed by atoms with Crippen LogP contribution in [-0.2, 0) is 4.74 Å². The SMILES string of the molecule is [2H]C1([2H])CC=C(C2=NCN=C2OC(F)(F)CCCCC)C([2H])([2H])N1C. The molecule has 118 valence electrons. The quantitative estimate of drug-likeness (QED) is 0.706. The molecule has 4 nitrogen and oxygen atoms in total. The van der Waals surface area contributed by atoms with E-state index < -0.39 is 25.5 Å². The molecule has 0 bridgehead atoms. The highest BCUT2D eigenvalue weighted by atomic mass is 19.3. The van der Waals surface area contributed by atoms with Gasteiger partial charge in [-0.15, -0.1) is 0 Å². The molecule has 0 aromatic rings. The molecule has 0 saturated heterocycles. The minimum Gasteiger partial charge on any atom is -0.413 e. The van der Waals surface area contributed by atoms with Crippen LogP contribution in [0.15, 0.2) is 21.6 Å². The average molecular weight is 303 g/mol. The lowest BCUT2D eigenvalue weighted by Crippen LogP contribution is -2.34. The predicted octanol–water partition coefficient (Wildman–Crippen LogP) is 3.25. The number of ether oxygens (including phenoxy) is 1. The number of aliphatic imine (C=N–C) groups is 2. The van der Waals surface area contributed by atoms with Gasteiger partial charge in [0.25, 0.3) is 0 Å². The summed E-state index contributed by atoms with van der Waals surface area (Å²) in [5.74, 6) is -0.382. The molecule has 2 heterocycles. The Morgan fingerprint density at radius 1 is 1.43 bits per heavy atom. The molecule has 0 aromatic heterocycles. The molecule has 0 saturated carbocycles. The number of unbranched alkanes of at least 4 members (excludes halogenated alkanes) is 2. The Hall–Kier alpha value is -1.30. The largest absolute Gasteiger partial charge is 0.413 e. The van der Waals surface area contributed by atoms with Crippen LogP contribution in [0.25, 0.3) is 0 Å². The molecule has 21 heavy (non-hydrogen) atoms. The molecular weight excluding hydrogens is 276 g/mol. The zero-order valence-electron chi connectivity index (χ0n) is 16.3. The van der Waals surface area contributed by atoms with E-state index in [1.165, 1.54) is 13.1 Å². The fraction of sp³-hybridized carbons (Fsp3) is 0.733. The molecule has 2 aliphatic rings. The first kappa shape index (κ1) is 11.3. The fourth-order valence-electron chi connectivity index (χ4n) is 2.07. The van der Waals surface area contributed by atoms with E-state index in [2.05, 4.69) is 9.98 Å². The van der Waals surface area contributed by atoms with Gasteiger partial charge in [-0.1, -0.05) is 25.8 Å². The molecule has 2 aliphatic heterocycles. The summed E-state index contributed by atoms with van der Waals surface area (Å²) in [6.45, 7) is -2.29. The van der Waals surface area contributed by atoms with Gasteiger partial charge >= 0.3 is 6.11 Å². The Morgan fingerprint density at radius 3 is 3.00 bits per heavy atom. The second-order valence-corrected chi connectivity index (χ2v) is 4.96. The smallest absolute Gasteiger partial charge is 0.399 e. The maximum Gasteiger partial charge on any atom is 0.399 e. The van der Waals surface area contributed by atoms with Gasteiger partial charge in [-0.05, 0) is 25.5 Å². The average Bonchev–Trinajstić information content (AvgIpc) is 2.92. The molecule has 0 aliphatic carbocycles. The van der Waals surface area contributed by atoms with E-state index in [9.17, 15) is 8.78 Å². The Kier molecular flexibility index (Phi) is 3.82. The standard InChI is InChI=1S/C15H23F2N3O/c1-3-4-5-8-15(16,17)21-14-13(18-11-19-14)12-7-6-9-20(2)10-12/h7H,3-6,8-11H2,1-2H3/i9D2,10D2. The van der Waals surface area contributed by atoms with E-state index in [-0.39, 0.29) is 30.3 Å². The van der Waals surface area contributed by atoms with E-state index in [0.29, 0.717) is 12.8 Å². The van der Waals surface area contributed by atoms with Crippen LogP contribution in [0.2, 0.25) is 0 Å². The summed E-state index contributed by atoms with van der Waals surface area (Å²) in [5, 5.41) is 0. The summed E-state index contributed by atoms with van der Waals surface area (Å²) < 4.78 is 64.7. The van der Waals surface area contributed by atoms with Crippen molar-refractivity contribution in [3.8, 4) is 0 Å². The van der Waals surface area contributed by atoms with Crippen LogP contribution < -0.4 is 0 Å². The number of alkyl halides is 2. The van der Waals surface area contributed by atoms with E-state index in [0.717, 1.165) is 11.3 Å². The molecular formula is C15H23F2N3O. The summed E-state index contributed by atoms with van der Waals surface area (Å²) in [4.78, 5) is 8.74. The lowest BCUT2D eigenvalue weighted by atomic mass is 10.1.